The lowest BCUT2D eigenvalue weighted by Crippen LogP contribution is -2.49. The number of anilines is 1. The molecule has 2 aromatic heterocycles. The molecule has 0 bridgehead atoms. The van der Waals surface area contributed by atoms with Crippen molar-refractivity contribution in [2.24, 2.45) is 0 Å². The predicted molar refractivity (Wildman–Crippen MR) is 104 cm³/mol. The van der Waals surface area contributed by atoms with Gasteiger partial charge in [0, 0.05) is 50.2 Å². The van der Waals surface area contributed by atoms with Crippen LogP contribution in [0.4, 0.5) is 5.95 Å². The van der Waals surface area contributed by atoms with Gasteiger partial charge in [-0.1, -0.05) is 30.3 Å². The number of benzene rings is 1. The second-order valence-corrected chi connectivity index (χ2v) is 6.34. The molecule has 0 radical (unpaired) electrons. The van der Waals surface area contributed by atoms with Gasteiger partial charge < -0.3 is 14.5 Å². The Labute approximate surface area is 162 Å². The van der Waals surface area contributed by atoms with Crippen molar-refractivity contribution in [1.82, 2.24) is 25.1 Å². The smallest absolute Gasteiger partial charge is 0.278 e. The number of ether oxygens (including phenoxy) is 1. The summed E-state index contributed by atoms with van der Waals surface area (Å²) in [6, 6.07) is 13.2. The molecule has 142 valence electrons. The van der Waals surface area contributed by atoms with Crippen LogP contribution in [0.5, 0.6) is 5.75 Å². The number of hydrogen-bond acceptors (Lipinski definition) is 7. The first-order valence-electron chi connectivity index (χ1n) is 9.04. The Morgan fingerprint density at radius 1 is 0.964 bits per heavy atom. The second-order valence-electron chi connectivity index (χ2n) is 6.34. The lowest BCUT2D eigenvalue weighted by Gasteiger charge is -2.34. The summed E-state index contributed by atoms with van der Waals surface area (Å²) in [5.74, 6) is 0.921. The molecule has 8 heteroatoms. The second kappa shape index (κ2) is 7.99. The van der Waals surface area contributed by atoms with Crippen molar-refractivity contribution in [3.8, 4) is 17.0 Å². The zero-order valence-corrected chi connectivity index (χ0v) is 15.5. The van der Waals surface area contributed by atoms with Crippen molar-refractivity contribution in [3.63, 3.8) is 0 Å². The molecule has 1 saturated heterocycles. The SMILES string of the molecule is COc1cc(-c2ccccc2)nnc1C(=O)N1CCN(c2ncccn2)CC1. The first-order valence-corrected chi connectivity index (χ1v) is 9.04. The number of carbonyl (C=O) groups excluding carboxylic acids is 1. The third kappa shape index (κ3) is 3.62. The van der Waals surface area contributed by atoms with Gasteiger partial charge in [0.1, 0.15) is 0 Å². The first-order chi connectivity index (χ1) is 13.8. The molecule has 8 nitrogen and oxygen atoms in total. The normalized spacial score (nSPS) is 14.0. The summed E-state index contributed by atoms with van der Waals surface area (Å²) in [6.07, 6.45) is 3.43. The molecule has 0 aliphatic carbocycles. The Kier molecular flexibility index (Phi) is 5.09. The van der Waals surface area contributed by atoms with Crippen LogP contribution in [0.2, 0.25) is 0 Å². The van der Waals surface area contributed by atoms with Crippen molar-refractivity contribution < 1.29 is 9.53 Å². The van der Waals surface area contributed by atoms with E-state index in [1.807, 2.05) is 30.3 Å². The van der Waals surface area contributed by atoms with Crippen molar-refractivity contribution in [2.75, 3.05) is 38.2 Å². The van der Waals surface area contributed by atoms with Crippen molar-refractivity contribution >= 4 is 11.9 Å². The lowest BCUT2D eigenvalue weighted by atomic mass is 10.1. The molecule has 3 heterocycles. The first kappa shape index (κ1) is 17.8. The van der Waals surface area contributed by atoms with Gasteiger partial charge in [0.2, 0.25) is 5.95 Å². The van der Waals surface area contributed by atoms with Gasteiger partial charge in [0.15, 0.2) is 11.4 Å². The number of hydrogen-bond donors (Lipinski definition) is 0. The van der Waals surface area contributed by atoms with E-state index < -0.39 is 0 Å². The monoisotopic (exact) mass is 376 g/mol. The maximum atomic E-state index is 13.0. The summed E-state index contributed by atoms with van der Waals surface area (Å²) in [6.45, 7) is 2.44. The molecule has 4 rings (SSSR count). The van der Waals surface area contributed by atoms with Crippen LogP contribution in [0.25, 0.3) is 11.3 Å². The molecular weight excluding hydrogens is 356 g/mol. The number of piperazine rings is 1. The molecule has 1 aromatic carbocycles. The maximum Gasteiger partial charge on any atom is 0.278 e. The highest BCUT2D eigenvalue weighted by molar-refractivity contribution is 5.95. The molecule has 0 N–H and O–H groups in total. The molecule has 0 unspecified atom stereocenters. The van der Waals surface area contributed by atoms with E-state index in [1.54, 1.807) is 29.4 Å². The van der Waals surface area contributed by atoms with Gasteiger partial charge >= 0.3 is 0 Å². The number of carbonyl (C=O) groups is 1. The summed E-state index contributed by atoms with van der Waals surface area (Å²) in [5, 5.41) is 8.40. The van der Waals surface area contributed by atoms with Gasteiger partial charge in [0.05, 0.1) is 12.8 Å². The molecule has 1 aliphatic rings. The summed E-state index contributed by atoms with van der Waals surface area (Å²) >= 11 is 0. The number of aromatic nitrogens is 4. The fourth-order valence-electron chi connectivity index (χ4n) is 3.14. The van der Waals surface area contributed by atoms with E-state index in [0.29, 0.717) is 43.6 Å². The molecule has 0 spiro atoms. The summed E-state index contributed by atoms with van der Waals surface area (Å²) in [5.41, 5.74) is 1.82. The van der Waals surface area contributed by atoms with E-state index in [4.69, 9.17) is 4.74 Å². The van der Waals surface area contributed by atoms with Gasteiger partial charge in [-0.25, -0.2) is 9.97 Å². The quantitative estimate of drug-likeness (QED) is 0.688. The molecule has 3 aromatic rings. The summed E-state index contributed by atoms with van der Waals surface area (Å²) in [4.78, 5) is 25.3. The van der Waals surface area contributed by atoms with Gasteiger partial charge in [-0.3, -0.25) is 4.79 Å². The molecule has 0 atom stereocenters. The molecule has 1 aliphatic heterocycles. The largest absolute Gasteiger partial charge is 0.494 e. The van der Waals surface area contributed by atoms with Crippen LogP contribution in [0.1, 0.15) is 10.5 Å². The third-order valence-corrected chi connectivity index (χ3v) is 4.65. The van der Waals surface area contributed by atoms with Crippen molar-refractivity contribution in [2.45, 2.75) is 0 Å². The maximum absolute atomic E-state index is 13.0. The Morgan fingerprint density at radius 2 is 1.68 bits per heavy atom. The Hall–Kier alpha value is -3.55. The van der Waals surface area contributed by atoms with Crippen molar-refractivity contribution in [3.05, 3.63) is 60.6 Å². The van der Waals surface area contributed by atoms with Gasteiger partial charge in [-0.2, -0.15) is 0 Å². The van der Waals surface area contributed by atoms with E-state index in [9.17, 15) is 4.79 Å². The van der Waals surface area contributed by atoms with E-state index >= 15 is 0 Å². The molecule has 28 heavy (non-hydrogen) atoms. The van der Waals surface area contributed by atoms with E-state index in [2.05, 4.69) is 25.1 Å². The van der Waals surface area contributed by atoms with Crippen LogP contribution < -0.4 is 9.64 Å². The lowest BCUT2D eigenvalue weighted by molar-refractivity contribution is 0.0735. The van der Waals surface area contributed by atoms with Gasteiger partial charge in [-0.15, -0.1) is 10.2 Å². The summed E-state index contributed by atoms with van der Waals surface area (Å²) in [7, 11) is 1.53. The van der Waals surface area contributed by atoms with Crippen LogP contribution in [0.15, 0.2) is 54.9 Å². The number of amides is 1. The van der Waals surface area contributed by atoms with Gasteiger partial charge in [0.25, 0.3) is 5.91 Å². The molecule has 1 amide bonds. The Bertz CT molecular complexity index is 943. The minimum atomic E-state index is -0.183. The zero-order valence-electron chi connectivity index (χ0n) is 15.5. The van der Waals surface area contributed by atoms with Crippen LogP contribution in [0, 0.1) is 0 Å². The summed E-state index contributed by atoms with van der Waals surface area (Å²) < 4.78 is 5.43. The zero-order chi connectivity index (χ0) is 19.3. The number of nitrogens with zero attached hydrogens (tertiary/aromatic N) is 6. The fourth-order valence-corrected chi connectivity index (χ4v) is 3.14. The average Bonchev–Trinajstić information content (AvgIpc) is 2.79. The molecule has 0 saturated carbocycles. The van der Waals surface area contributed by atoms with Crippen LogP contribution >= 0.6 is 0 Å². The number of rotatable bonds is 4. The predicted octanol–water partition coefficient (Wildman–Crippen LogP) is 1.90. The highest BCUT2D eigenvalue weighted by Crippen LogP contribution is 2.24. The minimum Gasteiger partial charge on any atom is -0.494 e. The fraction of sp³-hybridized carbons (Fsp3) is 0.250. The van der Waals surface area contributed by atoms with Crippen molar-refractivity contribution in [1.29, 1.82) is 0 Å². The highest BCUT2D eigenvalue weighted by Gasteiger charge is 2.27. The highest BCUT2D eigenvalue weighted by atomic mass is 16.5. The molecule has 1 fully saturated rings. The van der Waals surface area contributed by atoms with Crippen LogP contribution in [-0.2, 0) is 0 Å². The minimum absolute atomic E-state index is 0.183. The number of methoxy groups -OCH3 is 1. The Morgan fingerprint density at radius 3 is 2.36 bits per heavy atom. The topological polar surface area (TPSA) is 84.3 Å². The average molecular weight is 376 g/mol. The Balaban J connectivity index is 1.49. The third-order valence-electron chi connectivity index (χ3n) is 4.65. The van der Waals surface area contributed by atoms with Gasteiger partial charge in [-0.05, 0) is 6.07 Å². The van der Waals surface area contributed by atoms with E-state index in [0.717, 1.165) is 5.56 Å². The van der Waals surface area contributed by atoms with E-state index in [-0.39, 0.29) is 11.6 Å². The van der Waals surface area contributed by atoms with Crippen LogP contribution in [0.3, 0.4) is 0 Å². The van der Waals surface area contributed by atoms with E-state index in [1.165, 1.54) is 7.11 Å². The standard InChI is InChI=1S/C20H20N6O2/c1-28-17-14-16(15-6-3-2-4-7-15)23-24-18(17)19(27)25-10-12-26(13-11-25)20-21-8-5-9-22-20/h2-9,14H,10-13H2,1H3. The molecular formula is C20H20N6O2. The van der Waals surface area contributed by atoms with Crippen LogP contribution in [-0.4, -0.2) is 64.3 Å².